The topological polar surface area (TPSA) is 87.9 Å². The number of ether oxygens (including phenoxy) is 1. The second kappa shape index (κ2) is 10.5. The van der Waals surface area contributed by atoms with Gasteiger partial charge in [-0.05, 0) is 56.6 Å². The van der Waals surface area contributed by atoms with E-state index in [9.17, 15) is 14.9 Å². The number of carbonyl (C=O) groups is 1. The molecule has 1 fully saturated rings. The third kappa shape index (κ3) is 5.56. The zero-order chi connectivity index (χ0) is 23.3. The molecule has 0 spiro atoms. The predicted octanol–water partition coefficient (Wildman–Crippen LogP) is 3.87. The highest BCUT2D eigenvalue weighted by Crippen LogP contribution is 2.29. The number of nitro benzene ring substituents is 1. The number of methoxy groups -OCH3 is 1. The fourth-order valence-corrected chi connectivity index (χ4v) is 4.05. The zero-order valence-electron chi connectivity index (χ0n) is 19.2. The van der Waals surface area contributed by atoms with Crippen LogP contribution < -0.4 is 15.0 Å². The largest absolute Gasteiger partial charge is 0.497 e. The molecule has 1 N–H and O–H groups in total. The fourth-order valence-electron chi connectivity index (χ4n) is 4.05. The van der Waals surface area contributed by atoms with Crippen LogP contribution in [0.25, 0.3) is 0 Å². The van der Waals surface area contributed by atoms with Crippen LogP contribution in [0.5, 0.6) is 5.75 Å². The van der Waals surface area contributed by atoms with Crippen molar-refractivity contribution in [1.82, 2.24) is 10.2 Å². The van der Waals surface area contributed by atoms with Gasteiger partial charge < -0.3 is 19.9 Å². The van der Waals surface area contributed by atoms with E-state index in [2.05, 4.69) is 17.1 Å². The molecule has 1 aliphatic heterocycles. The van der Waals surface area contributed by atoms with Crippen LogP contribution >= 0.6 is 0 Å². The van der Waals surface area contributed by atoms with Crippen LogP contribution in [0.3, 0.4) is 0 Å². The number of anilines is 1. The summed E-state index contributed by atoms with van der Waals surface area (Å²) in [7, 11) is 5.53. The van der Waals surface area contributed by atoms with Crippen LogP contribution in [0.1, 0.15) is 41.7 Å². The van der Waals surface area contributed by atoms with Gasteiger partial charge in [0.25, 0.3) is 11.6 Å². The number of piperidine rings is 1. The van der Waals surface area contributed by atoms with E-state index in [0.29, 0.717) is 18.0 Å². The molecule has 1 atom stereocenters. The van der Waals surface area contributed by atoms with Gasteiger partial charge in [-0.2, -0.15) is 0 Å². The van der Waals surface area contributed by atoms with Crippen molar-refractivity contribution >= 4 is 17.3 Å². The highest BCUT2D eigenvalue weighted by atomic mass is 16.6. The van der Waals surface area contributed by atoms with E-state index in [0.717, 1.165) is 42.9 Å². The lowest BCUT2D eigenvalue weighted by Gasteiger charge is -2.33. The highest BCUT2D eigenvalue weighted by molar-refractivity contribution is 6.00. The van der Waals surface area contributed by atoms with Gasteiger partial charge in [-0.1, -0.05) is 19.1 Å². The molecule has 0 saturated carbocycles. The number of nitrogens with zero attached hydrogens (tertiary/aromatic N) is 3. The van der Waals surface area contributed by atoms with Crippen LogP contribution in [-0.2, 0) is 0 Å². The molecule has 1 heterocycles. The molecular weight excluding hydrogens is 408 g/mol. The Morgan fingerprint density at radius 1 is 1.22 bits per heavy atom. The second-order valence-electron chi connectivity index (χ2n) is 8.59. The van der Waals surface area contributed by atoms with Gasteiger partial charge in [0.05, 0.1) is 29.3 Å². The number of hydrogen-bond acceptors (Lipinski definition) is 6. The molecule has 32 heavy (non-hydrogen) atoms. The molecule has 3 rings (SSSR count). The van der Waals surface area contributed by atoms with E-state index in [4.69, 9.17) is 4.74 Å². The van der Waals surface area contributed by atoms with Crippen molar-refractivity contribution in [2.75, 3.05) is 45.7 Å². The van der Waals surface area contributed by atoms with E-state index in [1.807, 2.05) is 43.3 Å². The highest BCUT2D eigenvalue weighted by Gasteiger charge is 2.24. The second-order valence-corrected chi connectivity index (χ2v) is 8.59. The summed E-state index contributed by atoms with van der Waals surface area (Å²) in [5, 5.41) is 14.3. The first kappa shape index (κ1) is 23.5. The molecule has 1 aliphatic rings. The average molecular weight is 441 g/mol. The van der Waals surface area contributed by atoms with Crippen LogP contribution in [0.4, 0.5) is 11.4 Å². The quantitative estimate of drug-likeness (QED) is 0.495. The molecule has 8 nitrogen and oxygen atoms in total. The van der Waals surface area contributed by atoms with Gasteiger partial charge in [0.2, 0.25) is 0 Å². The van der Waals surface area contributed by atoms with E-state index in [-0.39, 0.29) is 17.6 Å². The average Bonchev–Trinajstić information content (AvgIpc) is 2.79. The number of non-ortho nitro benzene ring substituents is 1. The Labute approximate surface area is 189 Å². The number of nitrogens with one attached hydrogen (secondary N) is 1. The van der Waals surface area contributed by atoms with Crippen molar-refractivity contribution < 1.29 is 14.5 Å². The maximum Gasteiger partial charge on any atom is 0.270 e. The summed E-state index contributed by atoms with van der Waals surface area (Å²) in [5.41, 5.74) is 2.07. The molecule has 1 saturated heterocycles. The number of nitro groups is 1. The van der Waals surface area contributed by atoms with Crippen LogP contribution in [0.15, 0.2) is 42.5 Å². The standard InChI is InChI=1S/C24H32N4O4/c1-17-11-13-27(14-12-17)22-10-7-19(28(30)31)15-21(22)24(29)25-16-23(26(2)3)18-5-8-20(32-4)9-6-18/h5-10,15,17,23H,11-14,16H2,1-4H3,(H,25,29). The lowest BCUT2D eigenvalue weighted by atomic mass is 9.97. The van der Waals surface area contributed by atoms with Crippen LogP contribution in [0, 0.1) is 16.0 Å². The van der Waals surface area contributed by atoms with Crippen molar-refractivity contribution in [3.8, 4) is 5.75 Å². The Morgan fingerprint density at radius 2 is 1.88 bits per heavy atom. The third-order valence-electron chi connectivity index (χ3n) is 6.14. The first-order valence-electron chi connectivity index (χ1n) is 10.9. The van der Waals surface area contributed by atoms with Crippen molar-refractivity contribution in [3.05, 3.63) is 63.7 Å². The van der Waals surface area contributed by atoms with Gasteiger partial charge in [-0.25, -0.2) is 0 Å². The van der Waals surface area contributed by atoms with Gasteiger partial charge in [-0.3, -0.25) is 14.9 Å². The molecule has 2 aromatic carbocycles. The minimum atomic E-state index is -0.460. The lowest BCUT2D eigenvalue weighted by molar-refractivity contribution is -0.384. The van der Waals surface area contributed by atoms with E-state index < -0.39 is 4.92 Å². The Morgan fingerprint density at radius 3 is 2.44 bits per heavy atom. The normalized spacial score (nSPS) is 15.5. The minimum absolute atomic E-state index is 0.0529. The Kier molecular flexibility index (Phi) is 7.69. The monoisotopic (exact) mass is 440 g/mol. The van der Waals surface area contributed by atoms with Crippen molar-refractivity contribution in [3.63, 3.8) is 0 Å². The van der Waals surface area contributed by atoms with Gasteiger partial charge in [0, 0.05) is 31.8 Å². The van der Waals surface area contributed by atoms with Gasteiger partial charge in [0.1, 0.15) is 5.75 Å². The number of hydrogen-bond donors (Lipinski definition) is 1. The Balaban J connectivity index is 1.81. The predicted molar refractivity (Wildman–Crippen MR) is 125 cm³/mol. The fraction of sp³-hybridized carbons (Fsp3) is 0.458. The van der Waals surface area contributed by atoms with E-state index in [1.54, 1.807) is 13.2 Å². The molecular formula is C24H32N4O4. The van der Waals surface area contributed by atoms with Gasteiger partial charge >= 0.3 is 0 Å². The molecule has 2 aromatic rings. The molecule has 0 radical (unpaired) electrons. The molecule has 8 heteroatoms. The van der Waals surface area contributed by atoms with E-state index in [1.165, 1.54) is 12.1 Å². The summed E-state index contributed by atoms with van der Waals surface area (Å²) >= 11 is 0. The molecule has 1 amide bonds. The number of carbonyl (C=O) groups excluding carboxylic acids is 1. The number of likely N-dealkylation sites (N-methyl/N-ethyl adjacent to an activating group) is 1. The third-order valence-corrected chi connectivity index (χ3v) is 6.14. The summed E-state index contributed by atoms with van der Waals surface area (Å²) in [5.74, 6) is 1.11. The Bertz CT molecular complexity index is 938. The summed E-state index contributed by atoms with van der Waals surface area (Å²) in [6, 6.07) is 12.3. The number of benzene rings is 2. The first-order chi connectivity index (χ1) is 15.3. The molecule has 0 aliphatic carbocycles. The van der Waals surface area contributed by atoms with Gasteiger partial charge in [0.15, 0.2) is 0 Å². The number of amides is 1. The van der Waals surface area contributed by atoms with Crippen LogP contribution in [-0.4, -0.2) is 56.6 Å². The van der Waals surface area contributed by atoms with Crippen molar-refractivity contribution in [2.24, 2.45) is 5.92 Å². The van der Waals surface area contributed by atoms with Gasteiger partial charge in [-0.15, -0.1) is 0 Å². The molecule has 172 valence electrons. The smallest absolute Gasteiger partial charge is 0.270 e. The lowest BCUT2D eigenvalue weighted by Crippen LogP contribution is -2.37. The summed E-state index contributed by atoms with van der Waals surface area (Å²) < 4.78 is 5.23. The minimum Gasteiger partial charge on any atom is -0.497 e. The van der Waals surface area contributed by atoms with E-state index >= 15 is 0 Å². The van der Waals surface area contributed by atoms with Crippen molar-refractivity contribution in [1.29, 1.82) is 0 Å². The Hall–Kier alpha value is -3.13. The molecule has 1 unspecified atom stereocenters. The summed E-state index contributed by atoms with van der Waals surface area (Å²) in [6.45, 7) is 4.27. The maximum absolute atomic E-state index is 13.2. The maximum atomic E-state index is 13.2. The zero-order valence-corrected chi connectivity index (χ0v) is 19.2. The first-order valence-corrected chi connectivity index (χ1v) is 10.9. The number of rotatable bonds is 8. The SMILES string of the molecule is COc1ccc(C(CNC(=O)c2cc([N+](=O)[O-])ccc2N2CCC(C)CC2)N(C)C)cc1. The summed E-state index contributed by atoms with van der Waals surface area (Å²) in [6.07, 6.45) is 2.08. The van der Waals surface area contributed by atoms with Crippen molar-refractivity contribution in [2.45, 2.75) is 25.8 Å². The summed E-state index contributed by atoms with van der Waals surface area (Å²) in [4.78, 5) is 28.3. The van der Waals surface area contributed by atoms with Crippen LogP contribution in [0.2, 0.25) is 0 Å². The molecule has 0 aromatic heterocycles. The molecule has 0 bridgehead atoms.